The van der Waals surface area contributed by atoms with Crippen LogP contribution in [0.3, 0.4) is 0 Å². The summed E-state index contributed by atoms with van der Waals surface area (Å²) in [6.45, 7) is 4.00. The van der Waals surface area contributed by atoms with Gasteiger partial charge in [-0.15, -0.1) is 11.3 Å². The van der Waals surface area contributed by atoms with Crippen molar-refractivity contribution in [1.29, 1.82) is 0 Å². The average molecular weight is 213 g/mol. The van der Waals surface area contributed by atoms with E-state index in [1.54, 1.807) is 11.3 Å². The Morgan fingerprint density at radius 2 is 2.43 bits per heavy atom. The van der Waals surface area contributed by atoms with Gasteiger partial charge in [0.2, 0.25) is 0 Å². The predicted octanol–water partition coefficient (Wildman–Crippen LogP) is 0.906. The number of aliphatic hydroxyl groups is 1. The lowest BCUT2D eigenvalue weighted by Gasteiger charge is -2.13. The van der Waals surface area contributed by atoms with Gasteiger partial charge in [0.25, 0.3) is 0 Å². The summed E-state index contributed by atoms with van der Waals surface area (Å²) in [5.74, 6) is 0. The first kappa shape index (κ1) is 10.1. The first-order chi connectivity index (χ1) is 6.75. The molecule has 78 valence electrons. The molecular weight excluding hydrogens is 198 g/mol. The molecule has 0 amide bonds. The summed E-state index contributed by atoms with van der Waals surface area (Å²) >= 11 is 1.79. The van der Waals surface area contributed by atoms with Gasteiger partial charge in [-0.2, -0.15) is 0 Å². The second kappa shape index (κ2) is 4.40. The number of ether oxygens (including phenoxy) is 1. The Morgan fingerprint density at radius 3 is 3.00 bits per heavy atom. The topological polar surface area (TPSA) is 41.5 Å². The molecule has 1 saturated heterocycles. The summed E-state index contributed by atoms with van der Waals surface area (Å²) in [5.41, 5.74) is 0. The Morgan fingerprint density at radius 1 is 1.57 bits per heavy atom. The lowest BCUT2D eigenvalue weighted by atomic mass is 10.2. The van der Waals surface area contributed by atoms with Crippen molar-refractivity contribution in [3.8, 4) is 0 Å². The van der Waals surface area contributed by atoms with Crippen molar-refractivity contribution in [1.82, 2.24) is 5.32 Å². The summed E-state index contributed by atoms with van der Waals surface area (Å²) in [5, 5.41) is 12.8. The second-order valence-electron chi connectivity index (χ2n) is 3.60. The fraction of sp³-hybridized carbons (Fsp3) is 0.600. The summed E-state index contributed by atoms with van der Waals surface area (Å²) < 4.78 is 5.15. The molecule has 2 heterocycles. The fourth-order valence-electron chi connectivity index (χ4n) is 1.55. The van der Waals surface area contributed by atoms with E-state index in [4.69, 9.17) is 4.74 Å². The van der Waals surface area contributed by atoms with Gasteiger partial charge in [0, 0.05) is 16.3 Å². The van der Waals surface area contributed by atoms with Crippen molar-refractivity contribution >= 4 is 11.3 Å². The standard InChI is InChI=1S/C10H15NO2S/c1-7-2-3-8(14-7)4-11-9-5-13-6-10(9)12/h2-3,9-12H,4-6H2,1H3/t9-,10-/m1/s1. The van der Waals surface area contributed by atoms with Crippen LogP contribution < -0.4 is 5.32 Å². The molecule has 4 heteroatoms. The zero-order valence-electron chi connectivity index (χ0n) is 8.19. The molecule has 1 aliphatic rings. The Bertz CT molecular complexity index is 300. The van der Waals surface area contributed by atoms with Crippen LogP contribution >= 0.6 is 11.3 Å². The van der Waals surface area contributed by atoms with Crippen molar-refractivity contribution in [2.75, 3.05) is 13.2 Å². The highest BCUT2D eigenvalue weighted by Gasteiger charge is 2.25. The van der Waals surface area contributed by atoms with Crippen molar-refractivity contribution in [3.63, 3.8) is 0 Å². The molecule has 1 fully saturated rings. The molecule has 3 nitrogen and oxygen atoms in total. The highest BCUT2D eigenvalue weighted by atomic mass is 32.1. The van der Waals surface area contributed by atoms with Crippen LogP contribution in [0.15, 0.2) is 12.1 Å². The first-order valence-electron chi connectivity index (χ1n) is 4.80. The quantitative estimate of drug-likeness (QED) is 0.784. The van der Waals surface area contributed by atoms with Gasteiger partial charge in [-0.3, -0.25) is 0 Å². The van der Waals surface area contributed by atoms with E-state index in [1.165, 1.54) is 9.75 Å². The van der Waals surface area contributed by atoms with Gasteiger partial charge < -0.3 is 15.2 Å². The van der Waals surface area contributed by atoms with E-state index >= 15 is 0 Å². The van der Waals surface area contributed by atoms with Crippen LogP contribution in [0.1, 0.15) is 9.75 Å². The molecule has 1 aliphatic heterocycles. The second-order valence-corrected chi connectivity index (χ2v) is 4.98. The third-order valence-corrected chi connectivity index (χ3v) is 3.39. The monoisotopic (exact) mass is 213 g/mol. The number of nitrogens with one attached hydrogen (secondary N) is 1. The van der Waals surface area contributed by atoms with Crippen molar-refractivity contribution in [3.05, 3.63) is 21.9 Å². The van der Waals surface area contributed by atoms with E-state index in [0.717, 1.165) is 6.54 Å². The van der Waals surface area contributed by atoms with Crippen LogP contribution in [0.25, 0.3) is 0 Å². The first-order valence-corrected chi connectivity index (χ1v) is 5.62. The van der Waals surface area contributed by atoms with Gasteiger partial charge in [-0.1, -0.05) is 0 Å². The normalized spacial score (nSPS) is 27.0. The van der Waals surface area contributed by atoms with Gasteiger partial charge in [-0.05, 0) is 19.1 Å². The molecule has 14 heavy (non-hydrogen) atoms. The minimum Gasteiger partial charge on any atom is -0.389 e. The van der Waals surface area contributed by atoms with E-state index in [2.05, 4.69) is 24.4 Å². The van der Waals surface area contributed by atoms with Crippen LogP contribution in [-0.4, -0.2) is 30.5 Å². The van der Waals surface area contributed by atoms with E-state index < -0.39 is 0 Å². The van der Waals surface area contributed by atoms with Crippen molar-refractivity contribution in [2.24, 2.45) is 0 Å². The predicted molar refractivity (Wildman–Crippen MR) is 56.5 cm³/mol. The number of aryl methyl sites for hydroxylation is 1. The maximum absolute atomic E-state index is 9.49. The molecule has 0 spiro atoms. The molecule has 2 atom stereocenters. The molecule has 0 unspecified atom stereocenters. The van der Waals surface area contributed by atoms with E-state index in [0.29, 0.717) is 13.2 Å². The molecule has 2 rings (SSSR count). The number of hydrogen-bond acceptors (Lipinski definition) is 4. The van der Waals surface area contributed by atoms with Crippen LogP contribution in [0.4, 0.5) is 0 Å². The van der Waals surface area contributed by atoms with Crippen LogP contribution in [0.2, 0.25) is 0 Å². The Kier molecular flexibility index (Phi) is 3.18. The van der Waals surface area contributed by atoms with Crippen molar-refractivity contribution < 1.29 is 9.84 Å². The zero-order valence-corrected chi connectivity index (χ0v) is 9.01. The van der Waals surface area contributed by atoms with Crippen LogP contribution in [-0.2, 0) is 11.3 Å². The SMILES string of the molecule is Cc1ccc(CN[C@@H]2COC[C@H]2O)s1. The molecule has 0 aromatic carbocycles. The zero-order chi connectivity index (χ0) is 9.97. The van der Waals surface area contributed by atoms with Gasteiger partial charge >= 0.3 is 0 Å². The maximum Gasteiger partial charge on any atom is 0.0948 e. The van der Waals surface area contributed by atoms with Crippen molar-refractivity contribution in [2.45, 2.75) is 25.6 Å². The number of thiophene rings is 1. The Labute approximate surface area is 87.7 Å². The molecule has 0 radical (unpaired) electrons. The smallest absolute Gasteiger partial charge is 0.0948 e. The van der Waals surface area contributed by atoms with Crippen LogP contribution in [0.5, 0.6) is 0 Å². The summed E-state index contributed by atoms with van der Waals surface area (Å²) in [6, 6.07) is 4.33. The average Bonchev–Trinajstić information content (AvgIpc) is 2.72. The van der Waals surface area contributed by atoms with E-state index in [1.807, 2.05) is 0 Å². The number of aliphatic hydroxyl groups excluding tert-OH is 1. The lowest BCUT2D eigenvalue weighted by Crippen LogP contribution is -2.38. The highest BCUT2D eigenvalue weighted by molar-refractivity contribution is 7.11. The Balaban J connectivity index is 1.82. The number of hydrogen-bond donors (Lipinski definition) is 2. The molecule has 2 N–H and O–H groups in total. The van der Waals surface area contributed by atoms with E-state index in [9.17, 15) is 5.11 Å². The number of rotatable bonds is 3. The molecule has 0 saturated carbocycles. The third-order valence-electron chi connectivity index (χ3n) is 2.38. The van der Waals surface area contributed by atoms with Gasteiger partial charge in [-0.25, -0.2) is 0 Å². The lowest BCUT2D eigenvalue weighted by molar-refractivity contribution is 0.122. The molecule has 0 aliphatic carbocycles. The minimum absolute atomic E-state index is 0.0948. The van der Waals surface area contributed by atoms with E-state index in [-0.39, 0.29) is 12.1 Å². The largest absolute Gasteiger partial charge is 0.389 e. The summed E-state index contributed by atoms with van der Waals surface area (Å²) in [7, 11) is 0. The minimum atomic E-state index is -0.351. The maximum atomic E-state index is 9.49. The third kappa shape index (κ3) is 2.33. The molecule has 0 bridgehead atoms. The molecule has 1 aromatic rings. The highest BCUT2D eigenvalue weighted by Crippen LogP contribution is 2.15. The summed E-state index contributed by atoms with van der Waals surface area (Å²) in [4.78, 5) is 2.63. The summed E-state index contributed by atoms with van der Waals surface area (Å²) in [6.07, 6.45) is -0.351. The fourth-order valence-corrected chi connectivity index (χ4v) is 2.39. The van der Waals surface area contributed by atoms with Gasteiger partial charge in [0.15, 0.2) is 0 Å². The Hall–Kier alpha value is -0.420. The van der Waals surface area contributed by atoms with Gasteiger partial charge in [0.05, 0.1) is 25.4 Å². The molecule has 1 aromatic heterocycles. The van der Waals surface area contributed by atoms with Crippen LogP contribution in [0, 0.1) is 6.92 Å². The van der Waals surface area contributed by atoms with Gasteiger partial charge in [0.1, 0.15) is 0 Å². The molecular formula is C10H15NO2S.